The minimum absolute atomic E-state index is 0.209. The van der Waals surface area contributed by atoms with Gasteiger partial charge in [0.2, 0.25) is 5.91 Å². The van der Waals surface area contributed by atoms with Gasteiger partial charge in [0, 0.05) is 0 Å². The van der Waals surface area contributed by atoms with Gasteiger partial charge in [-0.05, 0) is 24.5 Å². The molecule has 1 aliphatic heterocycles. The zero-order valence-corrected chi connectivity index (χ0v) is 13.0. The molecule has 118 valence electrons. The number of hydrogen-bond acceptors (Lipinski definition) is 3. The number of cyclic esters (lactones) is 1. The lowest BCUT2D eigenvalue weighted by molar-refractivity contribution is -0.130. The highest BCUT2D eigenvalue weighted by molar-refractivity contribution is 5.97. The first-order chi connectivity index (χ1) is 11.2. The van der Waals surface area contributed by atoms with Crippen LogP contribution in [-0.2, 0) is 16.0 Å². The average molecular weight is 309 g/mol. The Morgan fingerprint density at radius 2 is 1.74 bits per heavy atom. The van der Waals surface area contributed by atoms with Gasteiger partial charge in [0.25, 0.3) is 0 Å². The molecular weight excluding hydrogens is 290 g/mol. The molecule has 4 nitrogen and oxygen atoms in total. The van der Waals surface area contributed by atoms with Crippen LogP contribution in [0.15, 0.2) is 60.7 Å². The van der Waals surface area contributed by atoms with E-state index in [1.54, 1.807) is 0 Å². The molecule has 0 aliphatic carbocycles. The molecule has 1 saturated heterocycles. The van der Waals surface area contributed by atoms with Crippen LogP contribution < -0.4 is 0 Å². The van der Waals surface area contributed by atoms with Gasteiger partial charge < -0.3 is 4.74 Å². The molecule has 1 heterocycles. The van der Waals surface area contributed by atoms with E-state index in [4.69, 9.17) is 4.74 Å². The van der Waals surface area contributed by atoms with Gasteiger partial charge in [-0.15, -0.1) is 0 Å². The van der Waals surface area contributed by atoms with Crippen LogP contribution in [0.2, 0.25) is 0 Å². The standard InChI is InChI=1S/C19H19NO3/c1-14(16-10-6-3-7-11-16)18(21)20-17(13-23-19(20)22)12-15-8-4-2-5-9-15/h2-11,14,17H,12-13H2,1H3/t14-,17+/m0/s1. The molecule has 2 aromatic rings. The minimum Gasteiger partial charge on any atom is -0.447 e. The summed E-state index contributed by atoms with van der Waals surface area (Å²) in [5, 5.41) is 0. The highest BCUT2D eigenvalue weighted by atomic mass is 16.6. The Kier molecular flexibility index (Phi) is 4.42. The van der Waals surface area contributed by atoms with E-state index in [1.807, 2.05) is 67.6 Å². The molecule has 4 heteroatoms. The van der Waals surface area contributed by atoms with Crippen molar-refractivity contribution in [3.63, 3.8) is 0 Å². The molecule has 2 amide bonds. The number of nitrogens with zero attached hydrogens (tertiary/aromatic N) is 1. The van der Waals surface area contributed by atoms with Crippen LogP contribution in [0.3, 0.4) is 0 Å². The molecule has 0 aromatic heterocycles. The van der Waals surface area contributed by atoms with Gasteiger partial charge in [-0.3, -0.25) is 4.79 Å². The highest BCUT2D eigenvalue weighted by Crippen LogP contribution is 2.24. The van der Waals surface area contributed by atoms with E-state index in [1.165, 1.54) is 4.90 Å². The number of ether oxygens (including phenoxy) is 1. The van der Waals surface area contributed by atoms with Crippen LogP contribution in [0.1, 0.15) is 24.0 Å². The predicted octanol–water partition coefficient (Wildman–Crippen LogP) is 3.38. The van der Waals surface area contributed by atoms with Crippen LogP contribution in [0, 0.1) is 0 Å². The Hall–Kier alpha value is -2.62. The molecule has 0 radical (unpaired) electrons. The van der Waals surface area contributed by atoms with Crippen LogP contribution in [0.25, 0.3) is 0 Å². The molecule has 0 saturated carbocycles. The van der Waals surface area contributed by atoms with E-state index >= 15 is 0 Å². The molecule has 1 aliphatic rings. The van der Waals surface area contributed by atoms with E-state index in [-0.39, 0.29) is 24.5 Å². The quantitative estimate of drug-likeness (QED) is 0.870. The smallest absolute Gasteiger partial charge is 0.417 e. The molecule has 23 heavy (non-hydrogen) atoms. The van der Waals surface area contributed by atoms with Gasteiger partial charge in [0.05, 0.1) is 12.0 Å². The maximum atomic E-state index is 12.8. The number of amides is 2. The summed E-state index contributed by atoms with van der Waals surface area (Å²) >= 11 is 0. The number of rotatable bonds is 4. The van der Waals surface area contributed by atoms with Crippen molar-refractivity contribution in [2.45, 2.75) is 25.3 Å². The van der Waals surface area contributed by atoms with Crippen molar-refractivity contribution < 1.29 is 14.3 Å². The van der Waals surface area contributed by atoms with E-state index in [2.05, 4.69) is 0 Å². The van der Waals surface area contributed by atoms with Gasteiger partial charge in [-0.25, -0.2) is 9.69 Å². The van der Waals surface area contributed by atoms with Crippen LogP contribution >= 0.6 is 0 Å². The van der Waals surface area contributed by atoms with Gasteiger partial charge in [-0.2, -0.15) is 0 Å². The molecule has 0 spiro atoms. The lowest BCUT2D eigenvalue weighted by atomic mass is 9.98. The largest absolute Gasteiger partial charge is 0.447 e. The Morgan fingerprint density at radius 1 is 1.13 bits per heavy atom. The molecule has 2 atom stereocenters. The summed E-state index contributed by atoms with van der Waals surface area (Å²) in [5.74, 6) is -0.584. The second-order valence-electron chi connectivity index (χ2n) is 5.76. The van der Waals surface area contributed by atoms with Gasteiger partial charge in [0.1, 0.15) is 6.61 Å². The monoisotopic (exact) mass is 309 g/mol. The van der Waals surface area contributed by atoms with Gasteiger partial charge in [-0.1, -0.05) is 60.7 Å². The third-order valence-electron chi connectivity index (χ3n) is 4.18. The van der Waals surface area contributed by atoms with E-state index in [0.29, 0.717) is 6.42 Å². The number of carbonyl (C=O) groups excluding carboxylic acids is 2. The zero-order valence-electron chi connectivity index (χ0n) is 13.0. The summed E-state index contributed by atoms with van der Waals surface area (Å²) < 4.78 is 5.12. The predicted molar refractivity (Wildman–Crippen MR) is 87.0 cm³/mol. The fraction of sp³-hybridized carbons (Fsp3) is 0.263. The van der Waals surface area contributed by atoms with E-state index in [9.17, 15) is 9.59 Å². The summed E-state index contributed by atoms with van der Waals surface area (Å²) in [6.07, 6.45) is 0.0681. The molecular formula is C19H19NO3. The normalized spacial score (nSPS) is 18.6. The van der Waals surface area contributed by atoms with Crippen LogP contribution in [0.4, 0.5) is 4.79 Å². The summed E-state index contributed by atoms with van der Waals surface area (Å²) in [5.41, 5.74) is 1.98. The van der Waals surface area contributed by atoms with Crippen molar-refractivity contribution >= 4 is 12.0 Å². The van der Waals surface area contributed by atoms with Crippen LogP contribution in [0.5, 0.6) is 0 Å². The molecule has 2 aromatic carbocycles. The summed E-state index contributed by atoms with van der Waals surface area (Å²) in [7, 11) is 0. The third-order valence-corrected chi connectivity index (χ3v) is 4.18. The van der Waals surface area contributed by atoms with Crippen LogP contribution in [-0.4, -0.2) is 29.5 Å². The number of carbonyl (C=O) groups is 2. The fourth-order valence-electron chi connectivity index (χ4n) is 2.86. The Bertz CT molecular complexity index is 684. The van der Waals surface area contributed by atoms with Crippen molar-refractivity contribution in [3.8, 4) is 0 Å². The molecule has 0 N–H and O–H groups in total. The first kappa shape index (κ1) is 15.3. The third kappa shape index (κ3) is 3.26. The molecule has 0 unspecified atom stereocenters. The lowest BCUT2D eigenvalue weighted by Gasteiger charge is -2.23. The Balaban J connectivity index is 1.78. The maximum Gasteiger partial charge on any atom is 0.417 e. The van der Waals surface area contributed by atoms with E-state index < -0.39 is 6.09 Å². The number of imide groups is 1. The summed E-state index contributed by atoms with van der Waals surface area (Å²) in [4.78, 5) is 26.1. The second kappa shape index (κ2) is 6.65. The van der Waals surface area contributed by atoms with Crippen molar-refractivity contribution in [2.75, 3.05) is 6.61 Å². The zero-order chi connectivity index (χ0) is 16.2. The maximum absolute atomic E-state index is 12.8. The van der Waals surface area contributed by atoms with Gasteiger partial charge >= 0.3 is 6.09 Å². The first-order valence-electron chi connectivity index (χ1n) is 7.75. The first-order valence-corrected chi connectivity index (χ1v) is 7.75. The minimum atomic E-state index is -0.543. The SMILES string of the molecule is C[C@H](C(=O)N1C(=O)OC[C@H]1Cc1ccccc1)c1ccccc1. The van der Waals surface area contributed by atoms with E-state index in [0.717, 1.165) is 11.1 Å². The molecule has 0 bridgehead atoms. The Morgan fingerprint density at radius 3 is 2.39 bits per heavy atom. The molecule has 3 rings (SSSR count). The van der Waals surface area contributed by atoms with Gasteiger partial charge in [0.15, 0.2) is 0 Å². The highest BCUT2D eigenvalue weighted by Gasteiger charge is 2.39. The topological polar surface area (TPSA) is 46.6 Å². The summed E-state index contributed by atoms with van der Waals surface area (Å²) in [6.45, 7) is 2.07. The number of hydrogen-bond donors (Lipinski definition) is 0. The van der Waals surface area contributed by atoms with Crippen molar-refractivity contribution in [2.24, 2.45) is 0 Å². The average Bonchev–Trinajstić information content (AvgIpc) is 2.95. The van der Waals surface area contributed by atoms with Crippen molar-refractivity contribution in [1.82, 2.24) is 4.90 Å². The lowest BCUT2D eigenvalue weighted by Crippen LogP contribution is -2.42. The number of benzene rings is 2. The van der Waals surface area contributed by atoms with Crippen molar-refractivity contribution in [1.29, 1.82) is 0 Å². The fourth-order valence-corrected chi connectivity index (χ4v) is 2.86. The summed E-state index contributed by atoms with van der Waals surface area (Å²) in [6, 6.07) is 19.1. The molecule has 1 fully saturated rings. The Labute approximate surface area is 135 Å². The second-order valence-corrected chi connectivity index (χ2v) is 5.76. The van der Waals surface area contributed by atoms with Crippen molar-refractivity contribution in [3.05, 3.63) is 71.8 Å².